The molecule has 2 aliphatic heterocycles. The molecule has 0 saturated carbocycles. The van der Waals surface area contributed by atoms with Gasteiger partial charge in [0, 0.05) is 31.5 Å². The number of fused-ring (bicyclic) bond motifs is 3. The highest BCUT2D eigenvalue weighted by Crippen LogP contribution is 2.42. The molecule has 0 aliphatic carbocycles. The fourth-order valence-electron chi connectivity index (χ4n) is 5.75. The largest absolute Gasteiger partial charge is 0.509 e. The van der Waals surface area contributed by atoms with E-state index in [9.17, 15) is 14.7 Å². The summed E-state index contributed by atoms with van der Waals surface area (Å²) >= 11 is 0. The van der Waals surface area contributed by atoms with Crippen LogP contribution in [-0.2, 0) is 33.7 Å². The number of aromatic nitrogens is 6. The summed E-state index contributed by atoms with van der Waals surface area (Å²) in [6.07, 6.45) is 3.23. The van der Waals surface area contributed by atoms with Gasteiger partial charge in [-0.1, -0.05) is 55.8 Å². The summed E-state index contributed by atoms with van der Waals surface area (Å²) in [4.78, 5) is 32.4. The van der Waals surface area contributed by atoms with Gasteiger partial charge in [-0.15, -0.1) is 10.2 Å². The number of aromatic amines is 1. The maximum atomic E-state index is 13.2. The Balaban J connectivity index is 1.45. The number of benzene rings is 2. The first-order valence-electron chi connectivity index (χ1n) is 13.9. The van der Waals surface area contributed by atoms with E-state index >= 15 is 0 Å². The number of rotatable bonds is 9. The number of hydrogen-bond donors (Lipinski definition) is 2. The van der Waals surface area contributed by atoms with Gasteiger partial charge in [0.15, 0.2) is 5.57 Å². The molecule has 2 N–H and O–H groups in total. The number of aliphatic hydroxyl groups is 1. The molecule has 0 spiro atoms. The molecule has 0 radical (unpaired) electrons. The number of tetrazole rings is 1. The van der Waals surface area contributed by atoms with Gasteiger partial charge in [-0.2, -0.15) is 5.21 Å². The summed E-state index contributed by atoms with van der Waals surface area (Å²) in [6.45, 7) is 4.72. The van der Waals surface area contributed by atoms with Gasteiger partial charge in [0.05, 0.1) is 18.0 Å². The van der Waals surface area contributed by atoms with Crippen molar-refractivity contribution in [2.45, 2.75) is 52.1 Å². The molecule has 0 saturated heterocycles. The maximum absolute atomic E-state index is 13.2. The number of nitrogens with zero attached hydrogens (tertiary/aromatic N) is 6. The number of carbonyl (C=O) groups excluding carboxylic acids is 2. The van der Waals surface area contributed by atoms with Crippen LogP contribution in [0, 0.1) is 0 Å². The number of ether oxygens (including phenoxy) is 1. The second kappa shape index (κ2) is 11.0. The lowest BCUT2D eigenvalue weighted by atomic mass is 9.96. The maximum Gasteiger partial charge on any atom is 0.347 e. The lowest BCUT2D eigenvalue weighted by Gasteiger charge is -2.31. The van der Waals surface area contributed by atoms with E-state index in [1.54, 1.807) is 11.8 Å². The molecule has 0 bridgehead atoms. The van der Waals surface area contributed by atoms with Crippen molar-refractivity contribution >= 4 is 11.9 Å². The number of carbonyl (C=O) groups is 2. The van der Waals surface area contributed by atoms with E-state index < -0.39 is 17.9 Å². The second-order valence-corrected chi connectivity index (χ2v) is 10.2. The average molecular weight is 554 g/mol. The topological polar surface area (TPSA) is 139 Å². The zero-order valence-electron chi connectivity index (χ0n) is 23.0. The highest BCUT2D eigenvalue weighted by Gasteiger charge is 2.48. The first-order valence-corrected chi connectivity index (χ1v) is 13.9. The summed E-state index contributed by atoms with van der Waals surface area (Å²) in [5.41, 5.74) is 5.08. The van der Waals surface area contributed by atoms with Crippen LogP contribution in [0.15, 0.2) is 59.9 Å². The van der Waals surface area contributed by atoms with E-state index in [0.717, 1.165) is 58.7 Å². The Morgan fingerprint density at radius 1 is 1.15 bits per heavy atom. The van der Waals surface area contributed by atoms with E-state index in [1.807, 2.05) is 42.5 Å². The number of esters is 1. The Labute approximate surface area is 236 Å². The SMILES string of the molecule is CCCCc1nc2c(n1Cc1ccc(-c3ccccc3)c(-c3nn[nH]n3)c1)C1C(O)=C(C(=O)OCC)C(=O)N1CC2. The third-order valence-corrected chi connectivity index (χ3v) is 7.64. The normalized spacial score (nSPS) is 16.2. The van der Waals surface area contributed by atoms with Crippen molar-refractivity contribution in [3.63, 3.8) is 0 Å². The van der Waals surface area contributed by atoms with Gasteiger partial charge in [0.2, 0.25) is 5.82 Å². The molecule has 4 heterocycles. The summed E-state index contributed by atoms with van der Waals surface area (Å²) in [6, 6.07) is 15.4. The van der Waals surface area contributed by atoms with Crippen molar-refractivity contribution in [2.24, 2.45) is 0 Å². The Morgan fingerprint density at radius 3 is 2.71 bits per heavy atom. The fourth-order valence-corrected chi connectivity index (χ4v) is 5.75. The summed E-state index contributed by atoms with van der Waals surface area (Å²) in [5, 5.41) is 26.1. The molecule has 1 unspecified atom stereocenters. The van der Waals surface area contributed by atoms with E-state index in [0.29, 0.717) is 25.3 Å². The van der Waals surface area contributed by atoms with Crippen molar-refractivity contribution < 1.29 is 19.4 Å². The predicted octanol–water partition coefficient (Wildman–Crippen LogP) is 3.94. The molecular weight excluding hydrogens is 522 g/mol. The Hall–Kier alpha value is -4.80. The second-order valence-electron chi connectivity index (χ2n) is 10.2. The molecule has 11 nitrogen and oxygen atoms in total. The average Bonchev–Trinajstić information content (AvgIpc) is 3.70. The molecule has 6 rings (SSSR count). The van der Waals surface area contributed by atoms with Gasteiger partial charge < -0.3 is 19.3 Å². The van der Waals surface area contributed by atoms with Crippen LogP contribution in [0.2, 0.25) is 0 Å². The summed E-state index contributed by atoms with van der Waals surface area (Å²) < 4.78 is 7.19. The van der Waals surface area contributed by atoms with Gasteiger partial charge in [-0.3, -0.25) is 4.79 Å². The minimum atomic E-state index is -0.801. The number of H-pyrrole nitrogens is 1. The van der Waals surface area contributed by atoms with E-state index in [4.69, 9.17) is 9.72 Å². The number of unbranched alkanes of at least 4 members (excludes halogenated alkanes) is 1. The molecule has 41 heavy (non-hydrogen) atoms. The summed E-state index contributed by atoms with van der Waals surface area (Å²) in [5.74, 6) is -0.214. The number of aliphatic hydroxyl groups excluding tert-OH is 1. The van der Waals surface area contributed by atoms with Gasteiger partial charge in [-0.05, 0) is 41.3 Å². The van der Waals surface area contributed by atoms with Gasteiger partial charge in [0.1, 0.15) is 17.6 Å². The zero-order chi connectivity index (χ0) is 28.5. The smallest absolute Gasteiger partial charge is 0.347 e. The fraction of sp³-hybridized carbons (Fsp3) is 0.333. The van der Waals surface area contributed by atoms with Crippen LogP contribution in [0.1, 0.15) is 55.5 Å². The monoisotopic (exact) mass is 553 g/mol. The van der Waals surface area contributed by atoms with Gasteiger partial charge in [-0.25, -0.2) is 9.78 Å². The van der Waals surface area contributed by atoms with Crippen molar-refractivity contribution in [2.75, 3.05) is 13.2 Å². The molecule has 2 aromatic carbocycles. The number of hydrogen-bond acceptors (Lipinski definition) is 8. The van der Waals surface area contributed by atoms with Crippen molar-refractivity contribution in [3.05, 3.63) is 82.6 Å². The predicted molar refractivity (Wildman–Crippen MR) is 149 cm³/mol. The van der Waals surface area contributed by atoms with Crippen LogP contribution in [0.3, 0.4) is 0 Å². The first kappa shape index (κ1) is 26.4. The first-order chi connectivity index (χ1) is 20.0. The lowest BCUT2D eigenvalue weighted by Crippen LogP contribution is -2.38. The van der Waals surface area contributed by atoms with Crippen LogP contribution in [-0.4, -0.2) is 65.2 Å². The Morgan fingerprint density at radius 2 is 1.98 bits per heavy atom. The molecule has 2 aromatic heterocycles. The number of aryl methyl sites for hydroxylation is 1. The van der Waals surface area contributed by atoms with Crippen LogP contribution in [0.25, 0.3) is 22.5 Å². The number of imidazole rings is 1. The van der Waals surface area contributed by atoms with Crippen molar-refractivity contribution in [1.29, 1.82) is 0 Å². The van der Waals surface area contributed by atoms with Crippen LogP contribution < -0.4 is 0 Å². The van der Waals surface area contributed by atoms with Crippen molar-refractivity contribution in [1.82, 2.24) is 35.1 Å². The third kappa shape index (κ3) is 4.66. The summed E-state index contributed by atoms with van der Waals surface area (Å²) in [7, 11) is 0. The molecule has 1 amide bonds. The quantitative estimate of drug-likeness (QED) is 0.235. The van der Waals surface area contributed by atoms with Crippen molar-refractivity contribution in [3.8, 4) is 22.5 Å². The van der Waals surface area contributed by atoms with E-state index in [2.05, 4.69) is 38.2 Å². The molecule has 210 valence electrons. The highest BCUT2D eigenvalue weighted by atomic mass is 16.5. The van der Waals surface area contributed by atoms with Gasteiger partial charge in [0.25, 0.3) is 5.91 Å². The van der Waals surface area contributed by atoms with E-state index in [1.165, 1.54) is 0 Å². The van der Waals surface area contributed by atoms with Crippen LogP contribution in [0.5, 0.6) is 0 Å². The van der Waals surface area contributed by atoms with E-state index in [-0.39, 0.29) is 17.9 Å². The number of nitrogens with one attached hydrogen (secondary N) is 1. The third-order valence-electron chi connectivity index (χ3n) is 7.64. The Bertz CT molecular complexity index is 1630. The van der Waals surface area contributed by atoms with Crippen LogP contribution in [0.4, 0.5) is 0 Å². The number of amides is 1. The minimum absolute atomic E-state index is 0.111. The van der Waals surface area contributed by atoms with Gasteiger partial charge >= 0.3 is 5.97 Å². The lowest BCUT2D eigenvalue weighted by molar-refractivity contribution is -0.141. The molecule has 2 aliphatic rings. The van der Waals surface area contributed by atoms with Crippen LogP contribution >= 0.6 is 0 Å². The minimum Gasteiger partial charge on any atom is -0.509 e. The molecule has 0 fully saturated rings. The molecule has 4 aromatic rings. The standard InChI is InChI=1S/C30H31N7O4/c1-3-5-11-23-31-22-14-15-36-26(27(38)24(29(36)39)30(40)41-4-2)25(22)37(23)17-18-12-13-20(19-9-7-6-8-10-19)21(16-18)28-32-34-35-33-28/h6-10,12-13,16,26,38H,3-5,11,14-15,17H2,1-2H3,(H,32,33,34,35). The molecule has 11 heteroatoms. The Kier molecular flexibility index (Phi) is 7.08. The highest BCUT2D eigenvalue weighted by molar-refractivity contribution is 6.18. The molecule has 1 atom stereocenters. The zero-order valence-corrected chi connectivity index (χ0v) is 23.0. The molecular formula is C30H31N7O4.